The number of carbonyl (C=O) groups excluding carboxylic acids is 2. The van der Waals surface area contributed by atoms with Crippen LogP contribution < -0.4 is 16.2 Å². The number of alkyl halides is 1. The van der Waals surface area contributed by atoms with Gasteiger partial charge in [0.15, 0.2) is 22.9 Å². The zero-order chi connectivity index (χ0) is 27.8. The summed E-state index contributed by atoms with van der Waals surface area (Å²) in [5.74, 6) is -1.31. The van der Waals surface area contributed by atoms with Gasteiger partial charge < -0.3 is 24.5 Å². The van der Waals surface area contributed by atoms with E-state index in [1.807, 2.05) is 11.4 Å². The lowest BCUT2D eigenvalue weighted by molar-refractivity contribution is -0.164. The highest BCUT2D eigenvalue weighted by Crippen LogP contribution is 2.47. The molecule has 1 unspecified atom stereocenters. The number of halogens is 2. The summed E-state index contributed by atoms with van der Waals surface area (Å²) in [6.07, 6.45) is 4.25. The van der Waals surface area contributed by atoms with E-state index >= 15 is 4.39 Å². The molecule has 0 amide bonds. The van der Waals surface area contributed by atoms with E-state index in [9.17, 15) is 9.59 Å². The number of nitrogens with one attached hydrogen (secondary N) is 2. The van der Waals surface area contributed by atoms with Gasteiger partial charge in [0.05, 0.1) is 30.0 Å². The molecule has 3 saturated carbocycles. The number of rotatable bonds is 7. The summed E-state index contributed by atoms with van der Waals surface area (Å²) < 4.78 is 30.5. The largest absolute Gasteiger partial charge is 0.510 e. The zero-order valence-electron chi connectivity index (χ0n) is 21.4. The molecule has 4 heterocycles. The van der Waals surface area contributed by atoms with Gasteiger partial charge >= 0.3 is 12.1 Å². The number of aromatic amines is 1. The summed E-state index contributed by atoms with van der Waals surface area (Å²) in [5, 5.41) is 5.63. The molecule has 0 spiro atoms. The minimum Gasteiger partial charge on any atom is -0.438 e. The van der Waals surface area contributed by atoms with Gasteiger partial charge in [-0.2, -0.15) is 0 Å². The van der Waals surface area contributed by atoms with Gasteiger partial charge in [-0.25, -0.2) is 19.2 Å². The molecule has 0 saturated heterocycles. The molecule has 210 valence electrons. The molecule has 0 radical (unpaired) electrons. The summed E-state index contributed by atoms with van der Waals surface area (Å²) >= 11 is 7.59. The SMILES string of the molecule is COC(=O)OCOC(=O)[C@H]1C2CCC(CC2)[C@@H]1Nc1nc(-c2c[nH]c3c2=NC(Cl)CN=3)nc(-c2cccs2)c1F. The molecule has 2 N–H and O–H groups in total. The van der Waals surface area contributed by atoms with E-state index < -0.39 is 42.2 Å². The minimum absolute atomic E-state index is 0.0142. The van der Waals surface area contributed by atoms with Gasteiger partial charge in [0.2, 0.25) is 6.79 Å². The minimum atomic E-state index is -0.948. The number of nitrogens with zero attached hydrogens (tertiary/aromatic N) is 4. The highest BCUT2D eigenvalue weighted by molar-refractivity contribution is 7.13. The van der Waals surface area contributed by atoms with Crippen LogP contribution in [-0.2, 0) is 19.0 Å². The predicted molar refractivity (Wildman–Crippen MR) is 143 cm³/mol. The second kappa shape index (κ2) is 11.1. The maximum Gasteiger partial charge on any atom is 0.510 e. The van der Waals surface area contributed by atoms with Crippen molar-refractivity contribution in [3.05, 3.63) is 40.4 Å². The van der Waals surface area contributed by atoms with Crippen molar-refractivity contribution in [1.82, 2.24) is 15.0 Å². The van der Waals surface area contributed by atoms with E-state index in [0.29, 0.717) is 27.8 Å². The molecular weight excluding hydrogens is 563 g/mol. The quantitative estimate of drug-likeness (QED) is 0.184. The third kappa shape index (κ3) is 5.03. The fourth-order valence-corrected chi connectivity index (χ4v) is 6.73. The molecular formula is C26H26ClFN6O5S. The van der Waals surface area contributed by atoms with E-state index in [4.69, 9.17) is 21.1 Å². The number of thiophene rings is 1. The number of H-pyrrole nitrogens is 1. The molecule has 3 aromatic rings. The van der Waals surface area contributed by atoms with Gasteiger partial charge in [0, 0.05) is 12.2 Å². The van der Waals surface area contributed by atoms with E-state index in [2.05, 4.69) is 35.0 Å². The van der Waals surface area contributed by atoms with Crippen LogP contribution in [0.25, 0.3) is 22.0 Å². The Hall–Kier alpha value is -3.58. The molecule has 2 bridgehead atoms. The number of methoxy groups -OCH3 is 1. The number of anilines is 1. The highest BCUT2D eigenvalue weighted by atomic mass is 35.5. The topological polar surface area (TPSA) is 140 Å². The van der Waals surface area contributed by atoms with Crippen LogP contribution in [0.15, 0.2) is 33.7 Å². The number of hydrogen-bond donors (Lipinski definition) is 2. The van der Waals surface area contributed by atoms with Crippen LogP contribution >= 0.6 is 22.9 Å². The molecule has 7 rings (SSSR count). The van der Waals surface area contributed by atoms with Crippen molar-refractivity contribution in [1.29, 1.82) is 0 Å². The van der Waals surface area contributed by atoms with Crippen LogP contribution in [0, 0.1) is 23.6 Å². The first-order chi connectivity index (χ1) is 19.4. The van der Waals surface area contributed by atoms with Crippen molar-refractivity contribution in [2.45, 2.75) is 37.2 Å². The van der Waals surface area contributed by atoms with Crippen molar-refractivity contribution < 1.29 is 28.2 Å². The Morgan fingerprint density at radius 3 is 2.75 bits per heavy atom. The third-order valence-electron chi connectivity index (χ3n) is 7.69. The van der Waals surface area contributed by atoms with Gasteiger partial charge in [-0.3, -0.25) is 14.8 Å². The molecule has 0 aromatic carbocycles. The normalized spacial score (nSPS) is 24.8. The number of carbonyl (C=O) groups is 2. The van der Waals surface area contributed by atoms with E-state index in [-0.39, 0.29) is 29.2 Å². The van der Waals surface area contributed by atoms with Crippen molar-refractivity contribution in [2.24, 2.45) is 27.7 Å². The van der Waals surface area contributed by atoms with Gasteiger partial charge in [-0.1, -0.05) is 17.7 Å². The first kappa shape index (κ1) is 26.6. The van der Waals surface area contributed by atoms with Crippen LogP contribution in [0.5, 0.6) is 0 Å². The van der Waals surface area contributed by atoms with Gasteiger partial charge in [-0.15, -0.1) is 11.3 Å². The molecule has 3 aliphatic carbocycles. The van der Waals surface area contributed by atoms with Gasteiger partial charge in [0.1, 0.15) is 16.6 Å². The monoisotopic (exact) mass is 588 g/mol. The lowest BCUT2D eigenvalue weighted by Gasteiger charge is -2.47. The summed E-state index contributed by atoms with van der Waals surface area (Å²) in [5.41, 5.74) is 0.725. The molecule has 4 aliphatic rings. The molecule has 1 aliphatic heterocycles. The van der Waals surface area contributed by atoms with Gasteiger partial charge in [-0.05, 0) is 49.0 Å². The Kier molecular flexibility index (Phi) is 7.41. The Morgan fingerprint density at radius 2 is 2.00 bits per heavy atom. The number of esters is 1. The summed E-state index contributed by atoms with van der Waals surface area (Å²) in [6, 6.07) is 3.18. The lowest BCUT2D eigenvalue weighted by atomic mass is 9.61. The van der Waals surface area contributed by atoms with E-state index in [1.54, 1.807) is 12.3 Å². The second-order valence-corrected chi connectivity index (χ2v) is 11.3. The van der Waals surface area contributed by atoms with Gasteiger partial charge in [0.25, 0.3) is 0 Å². The third-order valence-corrected chi connectivity index (χ3v) is 8.80. The second-order valence-electron chi connectivity index (χ2n) is 9.89. The summed E-state index contributed by atoms with van der Waals surface area (Å²) in [7, 11) is 1.17. The Bertz CT molecular complexity index is 1540. The first-order valence-electron chi connectivity index (χ1n) is 12.9. The average molecular weight is 589 g/mol. The first-order valence-corrected chi connectivity index (χ1v) is 14.2. The number of aromatic nitrogens is 3. The molecule has 3 atom stereocenters. The average Bonchev–Trinajstić information content (AvgIpc) is 3.65. The van der Waals surface area contributed by atoms with Crippen LogP contribution in [0.2, 0.25) is 0 Å². The van der Waals surface area contributed by atoms with Crippen molar-refractivity contribution >= 4 is 40.9 Å². The van der Waals surface area contributed by atoms with Crippen molar-refractivity contribution in [2.75, 3.05) is 25.8 Å². The number of hydrogen-bond acceptors (Lipinski definition) is 11. The standard InChI is InChI=1S/C26H26ClFN6O5S/c1-37-26(36)39-11-38-25(35)17-12-4-6-13(7-5-12)19(17)32-23-18(28)21(15-3-2-8-40-15)33-22(34-23)14-9-29-24-20(14)31-16(27)10-30-24/h2-3,8-9,12-13,16-17,19H,4-7,10-11H2,1H3,(H,29,30)(H,32,33,34)/t12?,13?,16?,17-,19-/m0/s1. The molecule has 40 heavy (non-hydrogen) atoms. The van der Waals surface area contributed by atoms with Crippen LogP contribution in [0.4, 0.5) is 15.0 Å². The Balaban J connectivity index is 1.37. The van der Waals surface area contributed by atoms with Crippen molar-refractivity contribution in [3.8, 4) is 22.0 Å². The predicted octanol–water partition coefficient (Wildman–Crippen LogP) is 3.66. The van der Waals surface area contributed by atoms with Crippen LogP contribution in [-0.4, -0.2) is 59.1 Å². The van der Waals surface area contributed by atoms with E-state index in [1.165, 1.54) is 18.4 Å². The Morgan fingerprint density at radius 1 is 1.20 bits per heavy atom. The molecule has 14 heteroatoms. The van der Waals surface area contributed by atoms with E-state index in [0.717, 1.165) is 25.7 Å². The molecule has 3 aromatic heterocycles. The van der Waals surface area contributed by atoms with Crippen LogP contribution in [0.3, 0.4) is 0 Å². The molecule has 3 fully saturated rings. The highest BCUT2D eigenvalue weighted by Gasteiger charge is 2.48. The fraction of sp³-hybridized carbons (Fsp3) is 0.462. The lowest BCUT2D eigenvalue weighted by Crippen LogP contribution is -2.52. The summed E-state index contributed by atoms with van der Waals surface area (Å²) in [4.78, 5) is 46.2. The van der Waals surface area contributed by atoms with Crippen LogP contribution in [0.1, 0.15) is 25.7 Å². The number of ether oxygens (including phenoxy) is 3. The maximum atomic E-state index is 16.1. The zero-order valence-corrected chi connectivity index (χ0v) is 23.0. The fourth-order valence-electron chi connectivity index (χ4n) is 5.86. The smallest absolute Gasteiger partial charge is 0.438 e. The maximum absolute atomic E-state index is 16.1. The van der Waals surface area contributed by atoms with Crippen molar-refractivity contribution in [3.63, 3.8) is 0 Å². The number of fused-ring (bicyclic) bond motifs is 4. The summed E-state index contributed by atoms with van der Waals surface area (Å²) in [6.45, 7) is -0.214. The Labute approximate surface area is 236 Å². The molecule has 11 nitrogen and oxygen atoms in total.